The highest BCUT2D eigenvalue weighted by Gasteiger charge is 2.26. The van der Waals surface area contributed by atoms with Gasteiger partial charge in [0.1, 0.15) is 18.2 Å². The summed E-state index contributed by atoms with van der Waals surface area (Å²) in [5.74, 6) is -0.0921. The Bertz CT molecular complexity index is 932. The lowest BCUT2D eigenvalue weighted by atomic mass is 10.2. The van der Waals surface area contributed by atoms with Crippen LogP contribution in [0.2, 0.25) is 0 Å². The predicted molar refractivity (Wildman–Crippen MR) is 92.3 cm³/mol. The molecule has 2 amide bonds. The van der Waals surface area contributed by atoms with E-state index >= 15 is 0 Å². The number of anilines is 1. The molecule has 2 N–H and O–H groups in total. The molecule has 0 aliphatic carbocycles. The van der Waals surface area contributed by atoms with Crippen LogP contribution in [0.1, 0.15) is 22.6 Å². The molecule has 0 bridgehead atoms. The van der Waals surface area contributed by atoms with Gasteiger partial charge in [0.15, 0.2) is 0 Å². The Morgan fingerprint density at radius 3 is 2.96 bits per heavy atom. The molecule has 4 rings (SSSR count). The molecule has 0 saturated heterocycles. The average Bonchev–Trinajstić information content (AvgIpc) is 3.26. The second-order valence-corrected chi connectivity index (χ2v) is 5.99. The van der Waals surface area contributed by atoms with Gasteiger partial charge >= 0.3 is 0 Å². The van der Waals surface area contributed by atoms with Crippen LogP contribution in [0.5, 0.6) is 0 Å². The van der Waals surface area contributed by atoms with E-state index in [1.165, 1.54) is 6.33 Å². The van der Waals surface area contributed by atoms with Crippen molar-refractivity contribution in [3.63, 3.8) is 0 Å². The molecule has 1 aliphatic heterocycles. The maximum absolute atomic E-state index is 12.4. The van der Waals surface area contributed by atoms with Crippen molar-refractivity contribution in [2.45, 2.75) is 25.6 Å². The van der Waals surface area contributed by atoms with Gasteiger partial charge < -0.3 is 10.6 Å². The van der Waals surface area contributed by atoms with Gasteiger partial charge in [-0.05, 0) is 12.0 Å². The second-order valence-electron chi connectivity index (χ2n) is 5.99. The summed E-state index contributed by atoms with van der Waals surface area (Å²) in [6.07, 6.45) is 3.57. The lowest BCUT2D eigenvalue weighted by Crippen LogP contribution is -2.43. The van der Waals surface area contributed by atoms with E-state index in [1.54, 1.807) is 21.6 Å². The van der Waals surface area contributed by atoms with Crippen molar-refractivity contribution in [1.29, 1.82) is 0 Å². The van der Waals surface area contributed by atoms with Crippen molar-refractivity contribution in [3.05, 3.63) is 60.3 Å². The number of fused-ring (bicyclic) bond motifs is 1. The van der Waals surface area contributed by atoms with Crippen molar-refractivity contribution in [2.24, 2.45) is 0 Å². The normalized spacial score (nSPS) is 16.5. The smallest absolute Gasteiger partial charge is 0.291 e. The highest BCUT2D eigenvalue weighted by molar-refractivity contribution is 5.99. The van der Waals surface area contributed by atoms with Crippen molar-refractivity contribution >= 4 is 17.6 Å². The number of hydrogen-bond donors (Lipinski definition) is 2. The van der Waals surface area contributed by atoms with Gasteiger partial charge in [-0.25, -0.2) is 14.3 Å². The Labute approximate surface area is 149 Å². The number of rotatable bonds is 4. The number of nitrogens with zero attached hydrogens (tertiary/aromatic N) is 5. The van der Waals surface area contributed by atoms with Gasteiger partial charge in [-0.3, -0.25) is 9.59 Å². The molecule has 0 fully saturated rings. The van der Waals surface area contributed by atoms with Crippen LogP contribution in [0.3, 0.4) is 0 Å². The number of hydrogen-bond acceptors (Lipinski definition) is 5. The van der Waals surface area contributed by atoms with Crippen LogP contribution in [0.15, 0.2) is 48.9 Å². The zero-order valence-corrected chi connectivity index (χ0v) is 13.9. The van der Waals surface area contributed by atoms with Crippen molar-refractivity contribution < 1.29 is 9.59 Å². The molecular formula is C17H17N7O2. The van der Waals surface area contributed by atoms with E-state index in [4.69, 9.17) is 0 Å². The van der Waals surface area contributed by atoms with Gasteiger partial charge in [0.05, 0.1) is 12.7 Å². The average molecular weight is 351 g/mol. The van der Waals surface area contributed by atoms with E-state index in [0.717, 1.165) is 5.56 Å². The van der Waals surface area contributed by atoms with Crippen LogP contribution in [0.25, 0.3) is 0 Å². The summed E-state index contributed by atoms with van der Waals surface area (Å²) in [6, 6.07) is 10.8. The van der Waals surface area contributed by atoms with Crippen LogP contribution in [0.4, 0.5) is 5.82 Å². The molecule has 132 valence electrons. The fourth-order valence-corrected chi connectivity index (χ4v) is 2.82. The molecule has 3 heterocycles. The third kappa shape index (κ3) is 3.32. The molecule has 2 aromatic heterocycles. The number of aromatic nitrogens is 5. The number of amides is 2. The number of carbonyl (C=O) groups is 2. The van der Waals surface area contributed by atoms with Crippen molar-refractivity contribution in [3.8, 4) is 0 Å². The zero-order valence-electron chi connectivity index (χ0n) is 13.9. The molecule has 9 heteroatoms. The highest BCUT2D eigenvalue weighted by atomic mass is 16.2. The number of carbonyl (C=O) groups excluding carboxylic acids is 2. The predicted octanol–water partition coefficient (Wildman–Crippen LogP) is 0.664. The molecule has 0 radical (unpaired) electrons. The zero-order chi connectivity index (χ0) is 17.9. The van der Waals surface area contributed by atoms with Gasteiger partial charge in [0.2, 0.25) is 11.7 Å². The van der Waals surface area contributed by atoms with Crippen molar-refractivity contribution in [1.82, 2.24) is 29.9 Å². The minimum Gasteiger partial charge on any atom is -0.337 e. The Morgan fingerprint density at radius 2 is 2.12 bits per heavy atom. The Kier molecular flexibility index (Phi) is 4.18. The Balaban J connectivity index is 1.40. The van der Waals surface area contributed by atoms with Crippen LogP contribution in [0, 0.1) is 0 Å². The molecule has 1 aromatic carbocycles. The molecule has 1 atom stereocenters. The van der Waals surface area contributed by atoms with Crippen LogP contribution in [-0.4, -0.2) is 42.4 Å². The summed E-state index contributed by atoms with van der Waals surface area (Å²) in [6.45, 7) is 1.05. The largest absolute Gasteiger partial charge is 0.337 e. The van der Waals surface area contributed by atoms with Gasteiger partial charge in [-0.1, -0.05) is 30.3 Å². The lowest BCUT2D eigenvalue weighted by molar-refractivity contribution is -0.118. The molecule has 0 saturated carbocycles. The van der Waals surface area contributed by atoms with E-state index in [0.29, 0.717) is 25.3 Å². The summed E-state index contributed by atoms with van der Waals surface area (Å²) < 4.78 is 3.28. The van der Waals surface area contributed by atoms with E-state index in [9.17, 15) is 9.59 Å². The summed E-state index contributed by atoms with van der Waals surface area (Å²) in [7, 11) is 0. The molecule has 9 nitrogen and oxygen atoms in total. The molecule has 1 aliphatic rings. The highest BCUT2D eigenvalue weighted by Crippen LogP contribution is 2.13. The number of aryl methyl sites for hydroxylation is 1. The number of nitrogens with one attached hydrogen (secondary N) is 2. The van der Waals surface area contributed by atoms with E-state index in [-0.39, 0.29) is 11.7 Å². The summed E-state index contributed by atoms with van der Waals surface area (Å²) in [5.41, 5.74) is 1.06. The Hall–Kier alpha value is -3.49. The molecule has 26 heavy (non-hydrogen) atoms. The molecule has 0 unspecified atom stereocenters. The summed E-state index contributed by atoms with van der Waals surface area (Å²) in [5, 5.41) is 13.8. The minimum atomic E-state index is -0.662. The lowest BCUT2D eigenvalue weighted by Gasteiger charge is -2.13. The minimum absolute atomic E-state index is 0.0377. The second kappa shape index (κ2) is 6.79. The van der Waals surface area contributed by atoms with Crippen molar-refractivity contribution in [2.75, 3.05) is 5.32 Å². The Morgan fingerprint density at radius 1 is 1.27 bits per heavy atom. The third-order valence-corrected chi connectivity index (χ3v) is 4.15. The van der Waals surface area contributed by atoms with Gasteiger partial charge in [-0.2, -0.15) is 5.10 Å². The first-order chi connectivity index (χ1) is 12.7. The van der Waals surface area contributed by atoms with Crippen LogP contribution in [-0.2, 0) is 17.9 Å². The van der Waals surface area contributed by atoms with Gasteiger partial charge in [0, 0.05) is 12.6 Å². The van der Waals surface area contributed by atoms with E-state index in [1.807, 2.05) is 30.3 Å². The fraction of sp³-hybridized carbons (Fsp3) is 0.235. The monoisotopic (exact) mass is 351 g/mol. The van der Waals surface area contributed by atoms with Crippen LogP contribution < -0.4 is 10.6 Å². The maximum atomic E-state index is 12.4. The SMILES string of the molecule is O=C(N[C@H]1CCn2nccc2NC1=O)c1ncn(Cc2ccccc2)n1. The standard InChI is InChI=1S/C17H17N7O2/c25-16-13(7-9-24-14(21-16)6-8-19-24)20-17(26)15-18-11-23(22-15)10-12-4-2-1-3-5-12/h1-6,8,11,13H,7,9-10H2,(H,20,26)(H,21,25)/t13-/m0/s1. The maximum Gasteiger partial charge on any atom is 0.291 e. The summed E-state index contributed by atoms with van der Waals surface area (Å²) >= 11 is 0. The third-order valence-electron chi connectivity index (χ3n) is 4.15. The van der Waals surface area contributed by atoms with Gasteiger partial charge in [0.25, 0.3) is 5.91 Å². The first kappa shape index (κ1) is 16.0. The molecule has 3 aromatic rings. The quantitative estimate of drug-likeness (QED) is 0.718. The molecule has 0 spiro atoms. The van der Waals surface area contributed by atoms with Crippen LogP contribution >= 0.6 is 0 Å². The molecular weight excluding hydrogens is 334 g/mol. The number of benzene rings is 1. The topological polar surface area (TPSA) is 107 Å². The van der Waals surface area contributed by atoms with E-state index in [2.05, 4.69) is 25.8 Å². The first-order valence-corrected chi connectivity index (χ1v) is 8.26. The summed E-state index contributed by atoms with van der Waals surface area (Å²) in [4.78, 5) is 28.7. The first-order valence-electron chi connectivity index (χ1n) is 8.26. The van der Waals surface area contributed by atoms with Gasteiger partial charge in [-0.15, -0.1) is 5.10 Å². The fourth-order valence-electron chi connectivity index (χ4n) is 2.82. The van der Waals surface area contributed by atoms with E-state index < -0.39 is 11.9 Å².